The number of sulfone groups is 1. The zero-order chi connectivity index (χ0) is 20.5. The first kappa shape index (κ1) is 20.5. The Labute approximate surface area is 169 Å². The van der Waals surface area contributed by atoms with Crippen LogP contribution in [0.5, 0.6) is 0 Å². The molecule has 0 unspecified atom stereocenters. The Morgan fingerprint density at radius 1 is 1.14 bits per heavy atom. The van der Waals surface area contributed by atoms with Gasteiger partial charge in [0.1, 0.15) is 5.00 Å². The second kappa shape index (κ2) is 8.05. The van der Waals surface area contributed by atoms with E-state index in [1.807, 2.05) is 0 Å². The van der Waals surface area contributed by atoms with E-state index in [4.69, 9.17) is 5.73 Å². The average molecular weight is 421 g/mol. The van der Waals surface area contributed by atoms with Crippen molar-refractivity contribution in [1.82, 2.24) is 0 Å². The van der Waals surface area contributed by atoms with Gasteiger partial charge in [0, 0.05) is 4.88 Å². The summed E-state index contributed by atoms with van der Waals surface area (Å²) in [7, 11) is -3.34. The normalized spacial score (nSPS) is 14.0. The number of carbonyl (C=O) groups excluding carboxylic acids is 2. The molecule has 1 aliphatic rings. The summed E-state index contributed by atoms with van der Waals surface area (Å²) in [5.41, 5.74) is 7.66. The van der Waals surface area contributed by atoms with E-state index in [0.717, 1.165) is 36.1 Å². The Morgan fingerprint density at radius 3 is 2.39 bits per heavy atom. The molecule has 8 heteroatoms. The number of amides is 2. The molecule has 3 N–H and O–H groups in total. The van der Waals surface area contributed by atoms with Gasteiger partial charge in [-0.05, 0) is 62.8 Å². The predicted octanol–water partition coefficient (Wildman–Crippen LogP) is 3.09. The van der Waals surface area contributed by atoms with Crippen molar-refractivity contribution < 1.29 is 18.0 Å². The van der Waals surface area contributed by atoms with Crippen LogP contribution in [0.15, 0.2) is 29.2 Å². The molecule has 0 saturated heterocycles. The van der Waals surface area contributed by atoms with E-state index >= 15 is 0 Å². The second-order valence-corrected chi connectivity index (χ2v) is 10.9. The van der Waals surface area contributed by atoms with Gasteiger partial charge in [-0.1, -0.05) is 12.1 Å². The number of nitrogens with two attached hydrogens (primary N) is 1. The van der Waals surface area contributed by atoms with E-state index in [-0.39, 0.29) is 17.2 Å². The molecular formula is C20H24N2O4S2. The van der Waals surface area contributed by atoms with Crippen LogP contribution in [0.3, 0.4) is 0 Å². The van der Waals surface area contributed by atoms with Crippen LogP contribution < -0.4 is 11.1 Å². The number of hydrogen-bond acceptors (Lipinski definition) is 5. The molecule has 3 rings (SSSR count). The Morgan fingerprint density at radius 2 is 1.79 bits per heavy atom. The van der Waals surface area contributed by atoms with Gasteiger partial charge in [-0.15, -0.1) is 11.3 Å². The molecule has 0 saturated carbocycles. The third-order valence-corrected chi connectivity index (χ3v) is 8.29. The lowest BCUT2D eigenvalue weighted by molar-refractivity contribution is -0.115. The molecule has 0 fully saturated rings. The monoisotopic (exact) mass is 420 g/mol. The Bertz CT molecular complexity index is 1010. The standard InChI is InChI=1S/C20H24N2O4S2/c1-12(2)28(25,26)14-9-7-13(8-10-14)11-17(23)22-20-18(19(21)24)15-5-3-4-6-16(15)27-20/h7-10,12H,3-6,11H2,1-2H3,(H2,21,24)(H,22,23). The highest BCUT2D eigenvalue weighted by atomic mass is 32.2. The van der Waals surface area contributed by atoms with Crippen molar-refractivity contribution in [2.75, 3.05) is 5.32 Å². The molecule has 150 valence electrons. The van der Waals surface area contributed by atoms with Gasteiger partial charge in [0.25, 0.3) is 5.91 Å². The van der Waals surface area contributed by atoms with E-state index in [9.17, 15) is 18.0 Å². The van der Waals surface area contributed by atoms with Crippen LogP contribution in [0.1, 0.15) is 53.1 Å². The number of thiophene rings is 1. The van der Waals surface area contributed by atoms with E-state index in [1.165, 1.54) is 23.5 Å². The number of nitrogens with one attached hydrogen (secondary N) is 1. The topological polar surface area (TPSA) is 106 Å². The van der Waals surface area contributed by atoms with Crippen LogP contribution in [0.4, 0.5) is 5.00 Å². The first-order valence-corrected chi connectivity index (χ1v) is 11.6. The number of fused-ring (bicyclic) bond motifs is 1. The summed E-state index contributed by atoms with van der Waals surface area (Å²) in [5.74, 6) is -0.779. The van der Waals surface area contributed by atoms with Crippen molar-refractivity contribution in [3.05, 3.63) is 45.8 Å². The lowest BCUT2D eigenvalue weighted by atomic mass is 9.95. The van der Waals surface area contributed by atoms with Crippen LogP contribution in [-0.2, 0) is 33.9 Å². The van der Waals surface area contributed by atoms with E-state index < -0.39 is 21.0 Å². The third kappa shape index (κ3) is 4.12. The second-order valence-electron chi connectivity index (χ2n) is 7.24. The van der Waals surface area contributed by atoms with Crippen LogP contribution in [0.2, 0.25) is 0 Å². The molecule has 0 spiro atoms. The molecule has 1 aliphatic carbocycles. The zero-order valence-electron chi connectivity index (χ0n) is 15.9. The summed E-state index contributed by atoms with van der Waals surface area (Å²) in [6.07, 6.45) is 3.89. The first-order valence-electron chi connectivity index (χ1n) is 9.27. The summed E-state index contributed by atoms with van der Waals surface area (Å²) >= 11 is 1.43. The number of rotatable bonds is 6. The fourth-order valence-corrected chi connectivity index (χ4v) is 5.71. The fourth-order valence-electron chi connectivity index (χ4n) is 3.34. The van der Waals surface area contributed by atoms with Gasteiger partial charge in [-0.2, -0.15) is 0 Å². The number of hydrogen-bond donors (Lipinski definition) is 2. The van der Waals surface area contributed by atoms with Crippen molar-refractivity contribution in [2.45, 2.75) is 56.1 Å². The van der Waals surface area contributed by atoms with Gasteiger partial charge >= 0.3 is 0 Å². The quantitative estimate of drug-likeness (QED) is 0.749. The van der Waals surface area contributed by atoms with Crippen LogP contribution in [0, 0.1) is 0 Å². The molecule has 1 aromatic carbocycles. The van der Waals surface area contributed by atoms with Gasteiger partial charge in [0.15, 0.2) is 9.84 Å². The van der Waals surface area contributed by atoms with Gasteiger partial charge < -0.3 is 11.1 Å². The highest BCUT2D eigenvalue weighted by Crippen LogP contribution is 2.37. The number of anilines is 1. The van der Waals surface area contributed by atoms with Crippen molar-refractivity contribution in [2.24, 2.45) is 5.73 Å². The van der Waals surface area contributed by atoms with E-state index in [0.29, 0.717) is 16.1 Å². The number of primary amides is 1. The lowest BCUT2D eigenvalue weighted by Crippen LogP contribution is -2.19. The molecule has 0 radical (unpaired) electrons. The van der Waals surface area contributed by atoms with Gasteiger partial charge in [-0.3, -0.25) is 9.59 Å². The summed E-state index contributed by atoms with van der Waals surface area (Å²) in [4.78, 5) is 25.8. The van der Waals surface area contributed by atoms with Crippen LogP contribution >= 0.6 is 11.3 Å². The lowest BCUT2D eigenvalue weighted by Gasteiger charge is -2.11. The van der Waals surface area contributed by atoms with Gasteiger partial charge in [-0.25, -0.2) is 8.42 Å². The third-order valence-electron chi connectivity index (χ3n) is 4.91. The average Bonchev–Trinajstić information content (AvgIpc) is 2.99. The number of carbonyl (C=O) groups is 2. The Kier molecular flexibility index (Phi) is 5.90. The van der Waals surface area contributed by atoms with Crippen LogP contribution in [0.25, 0.3) is 0 Å². The zero-order valence-corrected chi connectivity index (χ0v) is 17.6. The minimum absolute atomic E-state index is 0.0861. The van der Waals surface area contributed by atoms with Crippen molar-refractivity contribution in [3.63, 3.8) is 0 Å². The summed E-state index contributed by atoms with van der Waals surface area (Å²) in [5, 5.41) is 2.84. The van der Waals surface area contributed by atoms with E-state index in [1.54, 1.807) is 26.0 Å². The summed E-state index contributed by atoms with van der Waals surface area (Å²) in [6.45, 7) is 3.27. The number of benzene rings is 1. The summed E-state index contributed by atoms with van der Waals surface area (Å²) in [6, 6.07) is 6.33. The molecular weight excluding hydrogens is 396 g/mol. The largest absolute Gasteiger partial charge is 0.365 e. The maximum atomic E-state index is 12.5. The Balaban J connectivity index is 1.75. The molecule has 6 nitrogen and oxygen atoms in total. The highest BCUT2D eigenvalue weighted by Gasteiger charge is 2.25. The van der Waals surface area contributed by atoms with E-state index in [2.05, 4.69) is 5.32 Å². The van der Waals surface area contributed by atoms with Crippen LogP contribution in [-0.4, -0.2) is 25.5 Å². The number of aryl methyl sites for hydroxylation is 1. The van der Waals surface area contributed by atoms with Crippen molar-refractivity contribution in [1.29, 1.82) is 0 Å². The predicted molar refractivity (Wildman–Crippen MR) is 111 cm³/mol. The fraction of sp³-hybridized carbons (Fsp3) is 0.400. The molecule has 0 aliphatic heterocycles. The Hall–Kier alpha value is -2.19. The molecule has 1 aromatic heterocycles. The SMILES string of the molecule is CC(C)S(=O)(=O)c1ccc(CC(=O)Nc2sc3c(c2C(N)=O)CCCC3)cc1. The summed E-state index contributed by atoms with van der Waals surface area (Å²) < 4.78 is 24.4. The maximum absolute atomic E-state index is 12.5. The van der Waals surface area contributed by atoms with Gasteiger partial charge in [0.05, 0.1) is 22.1 Å². The molecule has 0 atom stereocenters. The molecule has 1 heterocycles. The first-order chi connectivity index (χ1) is 13.2. The highest BCUT2D eigenvalue weighted by molar-refractivity contribution is 7.92. The molecule has 2 amide bonds. The molecule has 0 bridgehead atoms. The minimum Gasteiger partial charge on any atom is -0.365 e. The van der Waals surface area contributed by atoms with Gasteiger partial charge in [0.2, 0.25) is 5.91 Å². The minimum atomic E-state index is -3.34. The van der Waals surface area contributed by atoms with Crippen molar-refractivity contribution in [3.8, 4) is 0 Å². The molecule has 2 aromatic rings. The molecule has 28 heavy (non-hydrogen) atoms. The van der Waals surface area contributed by atoms with Crippen molar-refractivity contribution >= 4 is 38.0 Å². The maximum Gasteiger partial charge on any atom is 0.251 e. The smallest absolute Gasteiger partial charge is 0.251 e.